The maximum atomic E-state index is 5.64. The van der Waals surface area contributed by atoms with Gasteiger partial charge in [-0.05, 0) is 13.8 Å². The normalized spacial score (nSPS) is 20.2. The molecule has 0 amide bonds. The van der Waals surface area contributed by atoms with E-state index in [9.17, 15) is 0 Å². The molecule has 1 unspecified atom stereocenters. The van der Waals surface area contributed by atoms with Gasteiger partial charge in [0.05, 0.1) is 12.7 Å². The van der Waals surface area contributed by atoms with E-state index in [4.69, 9.17) is 10.5 Å². The number of anilines is 2. The topological polar surface area (TPSA) is 76.3 Å². The van der Waals surface area contributed by atoms with Gasteiger partial charge in [0, 0.05) is 31.7 Å². The van der Waals surface area contributed by atoms with E-state index in [1.54, 1.807) is 6.33 Å². The molecule has 0 aromatic carbocycles. The van der Waals surface area contributed by atoms with Crippen LogP contribution >= 0.6 is 0 Å². The molecule has 0 radical (unpaired) electrons. The molecule has 6 heteroatoms. The van der Waals surface area contributed by atoms with E-state index in [-0.39, 0.29) is 6.10 Å². The monoisotopic (exact) mass is 251 g/mol. The van der Waals surface area contributed by atoms with Gasteiger partial charge in [-0.3, -0.25) is 0 Å². The quantitative estimate of drug-likeness (QED) is 0.809. The number of nitrogens with one attached hydrogen (secondary N) is 1. The van der Waals surface area contributed by atoms with Crippen LogP contribution in [0.3, 0.4) is 0 Å². The molecule has 0 bridgehead atoms. The number of morpholine rings is 1. The number of hydrogen-bond donors (Lipinski definition) is 2. The standard InChI is InChI=1S/C12H21N5O/c1-9(2)16-11-5-12(15-8-14-11)17-3-4-18-10(6-13)7-17/h5,8-10H,3-4,6-7,13H2,1-2H3,(H,14,15,16). The lowest BCUT2D eigenvalue weighted by Gasteiger charge is -2.33. The van der Waals surface area contributed by atoms with Gasteiger partial charge in [-0.15, -0.1) is 0 Å². The van der Waals surface area contributed by atoms with Crippen molar-refractivity contribution in [3.05, 3.63) is 12.4 Å². The SMILES string of the molecule is CC(C)Nc1cc(N2CCOC(CN)C2)ncn1. The van der Waals surface area contributed by atoms with Crippen LogP contribution < -0.4 is 16.0 Å². The zero-order valence-corrected chi connectivity index (χ0v) is 11.0. The van der Waals surface area contributed by atoms with E-state index < -0.39 is 0 Å². The van der Waals surface area contributed by atoms with Crippen LogP contribution in [0.4, 0.5) is 11.6 Å². The summed E-state index contributed by atoms with van der Waals surface area (Å²) in [5.74, 6) is 1.78. The lowest BCUT2D eigenvalue weighted by atomic mass is 10.2. The summed E-state index contributed by atoms with van der Waals surface area (Å²) >= 11 is 0. The Hall–Kier alpha value is -1.40. The summed E-state index contributed by atoms with van der Waals surface area (Å²) in [6, 6.07) is 2.33. The minimum absolute atomic E-state index is 0.0928. The fourth-order valence-electron chi connectivity index (χ4n) is 1.96. The number of rotatable bonds is 4. The van der Waals surface area contributed by atoms with E-state index in [0.29, 0.717) is 19.2 Å². The highest BCUT2D eigenvalue weighted by atomic mass is 16.5. The molecule has 1 saturated heterocycles. The van der Waals surface area contributed by atoms with Crippen molar-refractivity contribution in [2.75, 3.05) is 36.5 Å². The Morgan fingerprint density at radius 2 is 2.39 bits per heavy atom. The Labute approximate surface area is 108 Å². The van der Waals surface area contributed by atoms with Crippen molar-refractivity contribution in [1.82, 2.24) is 9.97 Å². The van der Waals surface area contributed by atoms with Gasteiger partial charge in [0.15, 0.2) is 0 Å². The molecule has 1 aliphatic heterocycles. The Morgan fingerprint density at radius 1 is 1.56 bits per heavy atom. The van der Waals surface area contributed by atoms with Crippen molar-refractivity contribution in [3.63, 3.8) is 0 Å². The van der Waals surface area contributed by atoms with Crippen molar-refractivity contribution in [2.24, 2.45) is 5.73 Å². The minimum atomic E-state index is 0.0928. The van der Waals surface area contributed by atoms with Gasteiger partial charge in [-0.25, -0.2) is 9.97 Å². The first-order chi connectivity index (χ1) is 8.69. The summed E-state index contributed by atoms with van der Waals surface area (Å²) in [5.41, 5.74) is 5.64. The van der Waals surface area contributed by atoms with Crippen molar-refractivity contribution in [1.29, 1.82) is 0 Å². The Balaban J connectivity index is 2.07. The van der Waals surface area contributed by atoms with E-state index in [2.05, 4.69) is 34.0 Å². The number of ether oxygens (including phenoxy) is 1. The smallest absolute Gasteiger partial charge is 0.134 e. The molecule has 1 atom stereocenters. The Kier molecular flexibility index (Phi) is 4.33. The number of nitrogens with zero attached hydrogens (tertiary/aromatic N) is 3. The molecule has 3 N–H and O–H groups in total. The van der Waals surface area contributed by atoms with Crippen LogP contribution in [-0.2, 0) is 4.74 Å². The van der Waals surface area contributed by atoms with Crippen LogP contribution in [0.2, 0.25) is 0 Å². The van der Waals surface area contributed by atoms with Crippen molar-refractivity contribution in [2.45, 2.75) is 26.0 Å². The minimum Gasteiger partial charge on any atom is -0.373 e. The first-order valence-electron chi connectivity index (χ1n) is 6.34. The van der Waals surface area contributed by atoms with Crippen molar-refractivity contribution >= 4 is 11.6 Å². The van der Waals surface area contributed by atoms with Crippen molar-refractivity contribution < 1.29 is 4.74 Å². The van der Waals surface area contributed by atoms with Gasteiger partial charge < -0.3 is 20.7 Å². The predicted molar refractivity (Wildman–Crippen MR) is 71.8 cm³/mol. The summed E-state index contributed by atoms with van der Waals surface area (Å²) in [7, 11) is 0. The predicted octanol–water partition coefficient (Wildman–Crippen LogP) is 0.461. The van der Waals surface area contributed by atoms with E-state index in [1.807, 2.05) is 6.07 Å². The highest BCUT2D eigenvalue weighted by molar-refractivity contribution is 5.49. The fraction of sp³-hybridized carbons (Fsp3) is 0.667. The molecule has 1 fully saturated rings. The highest BCUT2D eigenvalue weighted by Gasteiger charge is 2.20. The molecule has 6 nitrogen and oxygen atoms in total. The molecule has 0 saturated carbocycles. The molecular weight excluding hydrogens is 230 g/mol. The molecule has 2 rings (SSSR count). The fourth-order valence-corrected chi connectivity index (χ4v) is 1.96. The van der Waals surface area contributed by atoms with Gasteiger partial charge in [-0.1, -0.05) is 0 Å². The van der Waals surface area contributed by atoms with Gasteiger partial charge in [0.1, 0.15) is 18.0 Å². The van der Waals surface area contributed by atoms with Crippen LogP contribution in [0.15, 0.2) is 12.4 Å². The van der Waals surface area contributed by atoms with Crippen molar-refractivity contribution in [3.8, 4) is 0 Å². The lowest BCUT2D eigenvalue weighted by Crippen LogP contribution is -2.46. The molecular formula is C12H21N5O. The molecule has 1 aromatic rings. The molecule has 2 heterocycles. The average molecular weight is 251 g/mol. The van der Waals surface area contributed by atoms with E-state index >= 15 is 0 Å². The van der Waals surface area contributed by atoms with Crippen LogP contribution in [0.1, 0.15) is 13.8 Å². The Morgan fingerprint density at radius 3 is 3.11 bits per heavy atom. The zero-order valence-electron chi connectivity index (χ0n) is 11.0. The summed E-state index contributed by atoms with van der Waals surface area (Å²) in [6.45, 7) is 7.03. The summed E-state index contributed by atoms with van der Waals surface area (Å²) in [5, 5.41) is 3.28. The number of hydrogen-bond acceptors (Lipinski definition) is 6. The van der Waals surface area contributed by atoms with Crippen LogP contribution in [0.25, 0.3) is 0 Å². The van der Waals surface area contributed by atoms with E-state index in [1.165, 1.54) is 0 Å². The molecule has 0 aliphatic carbocycles. The number of aromatic nitrogens is 2. The van der Waals surface area contributed by atoms with Gasteiger partial charge in [-0.2, -0.15) is 0 Å². The number of nitrogens with two attached hydrogens (primary N) is 1. The second kappa shape index (κ2) is 5.97. The molecule has 0 spiro atoms. The average Bonchev–Trinajstić information content (AvgIpc) is 2.38. The largest absolute Gasteiger partial charge is 0.373 e. The summed E-state index contributed by atoms with van der Waals surface area (Å²) in [4.78, 5) is 10.7. The van der Waals surface area contributed by atoms with Gasteiger partial charge >= 0.3 is 0 Å². The van der Waals surface area contributed by atoms with Gasteiger partial charge in [0.2, 0.25) is 0 Å². The maximum absolute atomic E-state index is 5.64. The third-order valence-electron chi connectivity index (χ3n) is 2.81. The second-order valence-electron chi connectivity index (χ2n) is 4.74. The molecule has 100 valence electrons. The van der Waals surface area contributed by atoms with Crippen LogP contribution in [-0.4, -0.2) is 48.4 Å². The molecule has 1 aliphatic rings. The highest BCUT2D eigenvalue weighted by Crippen LogP contribution is 2.17. The molecule has 1 aromatic heterocycles. The van der Waals surface area contributed by atoms with Crippen LogP contribution in [0, 0.1) is 0 Å². The van der Waals surface area contributed by atoms with Crippen LogP contribution in [0.5, 0.6) is 0 Å². The molecule has 18 heavy (non-hydrogen) atoms. The first kappa shape index (κ1) is 13.0. The first-order valence-corrected chi connectivity index (χ1v) is 6.34. The zero-order chi connectivity index (χ0) is 13.0. The summed E-state index contributed by atoms with van der Waals surface area (Å²) in [6.07, 6.45) is 1.68. The Bertz CT molecular complexity index is 384. The maximum Gasteiger partial charge on any atom is 0.134 e. The third-order valence-corrected chi connectivity index (χ3v) is 2.81. The lowest BCUT2D eigenvalue weighted by molar-refractivity contribution is 0.0463. The summed E-state index contributed by atoms with van der Waals surface area (Å²) < 4.78 is 5.55. The second-order valence-corrected chi connectivity index (χ2v) is 4.74. The third kappa shape index (κ3) is 3.30. The van der Waals surface area contributed by atoms with Gasteiger partial charge in [0.25, 0.3) is 0 Å². The van der Waals surface area contributed by atoms with E-state index in [0.717, 1.165) is 24.7 Å².